The molecule has 6 atom stereocenters. The average Bonchev–Trinajstić information content (AvgIpc) is 3.27. The van der Waals surface area contributed by atoms with Crippen LogP contribution in [-0.2, 0) is 23.7 Å². The van der Waals surface area contributed by atoms with Gasteiger partial charge in [0.15, 0.2) is 6.29 Å². The molecule has 1 rings (SSSR count). The molecule has 1 aliphatic heterocycles. The second kappa shape index (κ2) is 44.9. The number of aliphatic hydroxyl groups is 4. The third-order valence-corrected chi connectivity index (χ3v) is 12.4. The zero-order chi connectivity index (χ0) is 45.0. The van der Waals surface area contributed by atoms with E-state index in [1.165, 1.54) is 186 Å². The summed E-state index contributed by atoms with van der Waals surface area (Å²) in [6, 6.07) is 0. The molecular weight excluding hydrogens is 781 g/mol. The van der Waals surface area contributed by atoms with Gasteiger partial charge in [-0.3, -0.25) is 4.79 Å². The zero-order valence-electron chi connectivity index (χ0n) is 40.4. The van der Waals surface area contributed by atoms with Gasteiger partial charge < -0.3 is 39.4 Å². The largest absolute Gasteiger partial charge is 0.457 e. The minimum absolute atomic E-state index is 0.109. The molecule has 0 saturated carbocycles. The van der Waals surface area contributed by atoms with Crippen LogP contribution >= 0.6 is 0 Å². The number of hydrogen-bond acceptors (Lipinski definition) is 9. The second-order valence-electron chi connectivity index (χ2n) is 18.3. The molecule has 1 heterocycles. The summed E-state index contributed by atoms with van der Waals surface area (Å²) in [6.45, 7) is 4.60. The number of ether oxygens (including phenoxy) is 4. The Labute approximate surface area is 381 Å². The molecule has 1 saturated heterocycles. The maximum Gasteiger partial charge on any atom is 0.306 e. The minimum Gasteiger partial charge on any atom is -0.457 e. The van der Waals surface area contributed by atoms with Crippen LogP contribution in [0.4, 0.5) is 0 Å². The zero-order valence-corrected chi connectivity index (χ0v) is 40.4. The van der Waals surface area contributed by atoms with Crippen molar-refractivity contribution in [1.82, 2.24) is 0 Å². The molecule has 0 aliphatic carbocycles. The summed E-state index contributed by atoms with van der Waals surface area (Å²) in [5.41, 5.74) is 0. The highest BCUT2D eigenvalue weighted by atomic mass is 16.7. The smallest absolute Gasteiger partial charge is 0.306 e. The van der Waals surface area contributed by atoms with Crippen molar-refractivity contribution < 1.29 is 44.2 Å². The van der Waals surface area contributed by atoms with Crippen molar-refractivity contribution in [3.8, 4) is 0 Å². The first-order valence-corrected chi connectivity index (χ1v) is 26.4. The van der Waals surface area contributed by atoms with Gasteiger partial charge in [-0.25, -0.2) is 0 Å². The Morgan fingerprint density at radius 3 is 1.39 bits per heavy atom. The van der Waals surface area contributed by atoms with Crippen molar-refractivity contribution in [2.24, 2.45) is 0 Å². The standard InChI is InChI=1S/C53H100O9/c1-3-5-7-9-11-13-15-17-19-21-22-23-24-25-26-27-28-30-32-34-36-38-40-42-49(55)61-47(46-60-53-52(58)51(57)50(56)48(44-54)62-53)45-59-43-41-39-37-35-33-31-29-20-18-16-14-12-10-8-6-4-2/h15,17,21-22,47-48,50-54,56-58H,3-14,16,18-20,23-46H2,1-2H3/b17-15-,22-21-. The molecule has 4 N–H and O–H groups in total. The van der Waals surface area contributed by atoms with Crippen LogP contribution in [-0.4, -0.2) is 89.6 Å². The average molecular weight is 881 g/mol. The third kappa shape index (κ3) is 35.0. The fourth-order valence-corrected chi connectivity index (χ4v) is 8.23. The summed E-state index contributed by atoms with van der Waals surface area (Å²) in [7, 11) is 0. The monoisotopic (exact) mass is 881 g/mol. The Balaban J connectivity index is 2.17. The normalized spacial score (nSPS) is 19.9. The molecule has 0 aromatic heterocycles. The van der Waals surface area contributed by atoms with Crippen molar-refractivity contribution in [1.29, 1.82) is 0 Å². The lowest BCUT2D eigenvalue weighted by Crippen LogP contribution is -2.59. The fourth-order valence-electron chi connectivity index (χ4n) is 8.23. The van der Waals surface area contributed by atoms with E-state index in [9.17, 15) is 25.2 Å². The van der Waals surface area contributed by atoms with E-state index >= 15 is 0 Å². The molecule has 6 unspecified atom stereocenters. The van der Waals surface area contributed by atoms with Gasteiger partial charge in [-0.05, 0) is 44.9 Å². The van der Waals surface area contributed by atoms with E-state index in [1.807, 2.05) is 0 Å². The van der Waals surface area contributed by atoms with Crippen molar-refractivity contribution >= 4 is 5.97 Å². The first kappa shape index (κ1) is 58.7. The summed E-state index contributed by atoms with van der Waals surface area (Å²) in [5.74, 6) is -0.311. The van der Waals surface area contributed by atoms with E-state index in [0.29, 0.717) is 13.0 Å². The number of carbonyl (C=O) groups excluding carboxylic acids is 1. The van der Waals surface area contributed by atoms with E-state index < -0.39 is 43.4 Å². The van der Waals surface area contributed by atoms with Crippen LogP contribution in [0.3, 0.4) is 0 Å². The maximum atomic E-state index is 12.8. The van der Waals surface area contributed by atoms with E-state index in [1.54, 1.807) is 0 Å². The van der Waals surface area contributed by atoms with Crippen LogP contribution < -0.4 is 0 Å². The number of carbonyl (C=O) groups is 1. The number of esters is 1. The molecule has 9 heteroatoms. The third-order valence-electron chi connectivity index (χ3n) is 12.4. The van der Waals surface area contributed by atoms with Gasteiger partial charge in [0.1, 0.15) is 30.5 Å². The van der Waals surface area contributed by atoms with Gasteiger partial charge in [-0.15, -0.1) is 0 Å². The Hall–Kier alpha value is -1.33. The van der Waals surface area contributed by atoms with Gasteiger partial charge in [0.2, 0.25) is 0 Å². The van der Waals surface area contributed by atoms with Crippen LogP contribution in [0.5, 0.6) is 0 Å². The summed E-state index contributed by atoms with van der Waals surface area (Å²) < 4.78 is 22.9. The van der Waals surface area contributed by atoms with Crippen LogP contribution in [0.2, 0.25) is 0 Å². The predicted molar refractivity (Wildman–Crippen MR) is 256 cm³/mol. The Bertz CT molecular complexity index is 1000. The predicted octanol–water partition coefficient (Wildman–Crippen LogP) is 12.9. The Morgan fingerprint density at radius 2 is 0.935 bits per heavy atom. The number of allylic oxidation sites excluding steroid dienone is 4. The quantitative estimate of drug-likeness (QED) is 0.0268. The molecule has 62 heavy (non-hydrogen) atoms. The van der Waals surface area contributed by atoms with E-state index in [-0.39, 0.29) is 19.2 Å². The van der Waals surface area contributed by atoms with Crippen molar-refractivity contribution in [2.75, 3.05) is 26.4 Å². The van der Waals surface area contributed by atoms with E-state index in [4.69, 9.17) is 18.9 Å². The molecule has 0 amide bonds. The SMILES string of the molecule is CCCCCCC/C=C\C/C=C\CCCCCCCCCCCCCC(=O)OC(COCCCCCCCCCCCCCCCCCC)COC1OC(CO)C(O)C(O)C1O. The first-order chi connectivity index (χ1) is 30.4. The molecule has 1 aliphatic rings. The van der Waals surface area contributed by atoms with Gasteiger partial charge in [0.25, 0.3) is 0 Å². The number of unbranched alkanes of at least 4 members (excludes halogenated alkanes) is 31. The highest BCUT2D eigenvalue weighted by Gasteiger charge is 2.44. The van der Waals surface area contributed by atoms with Crippen molar-refractivity contribution in [2.45, 2.75) is 282 Å². The van der Waals surface area contributed by atoms with Gasteiger partial charge in [-0.1, -0.05) is 218 Å². The Morgan fingerprint density at radius 1 is 0.516 bits per heavy atom. The lowest BCUT2D eigenvalue weighted by Gasteiger charge is -2.39. The van der Waals surface area contributed by atoms with Crippen molar-refractivity contribution in [3.05, 3.63) is 24.3 Å². The molecule has 0 radical (unpaired) electrons. The van der Waals surface area contributed by atoms with Gasteiger partial charge in [0, 0.05) is 13.0 Å². The second-order valence-corrected chi connectivity index (χ2v) is 18.3. The first-order valence-electron chi connectivity index (χ1n) is 26.4. The van der Waals surface area contributed by atoms with E-state index in [0.717, 1.165) is 38.5 Å². The van der Waals surface area contributed by atoms with Crippen LogP contribution in [0.1, 0.15) is 245 Å². The van der Waals surface area contributed by atoms with Crippen molar-refractivity contribution in [3.63, 3.8) is 0 Å². The molecule has 0 aromatic rings. The van der Waals surface area contributed by atoms with Crippen LogP contribution in [0.25, 0.3) is 0 Å². The number of rotatable bonds is 46. The molecule has 1 fully saturated rings. The molecule has 0 aromatic carbocycles. The minimum atomic E-state index is -1.53. The van der Waals surface area contributed by atoms with Crippen LogP contribution in [0.15, 0.2) is 24.3 Å². The van der Waals surface area contributed by atoms with Gasteiger partial charge in [-0.2, -0.15) is 0 Å². The topological polar surface area (TPSA) is 135 Å². The Kier molecular flexibility index (Phi) is 42.5. The number of aliphatic hydroxyl groups excluding tert-OH is 4. The molecular formula is C53H100O9. The summed E-state index contributed by atoms with van der Waals surface area (Å²) in [6.07, 6.45) is 46.4. The van der Waals surface area contributed by atoms with Crippen LogP contribution in [0, 0.1) is 0 Å². The van der Waals surface area contributed by atoms with Gasteiger partial charge in [0.05, 0.1) is 19.8 Å². The molecule has 9 nitrogen and oxygen atoms in total. The molecule has 0 bridgehead atoms. The lowest BCUT2D eigenvalue weighted by atomic mass is 9.99. The molecule has 0 spiro atoms. The highest BCUT2D eigenvalue weighted by Crippen LogP contribution is 2.23. The lowest BCUT2D eigenvalue weighted by molar-refractivity contribution is -0.305. The summed E-state index contributed by atoms with van der Waals surface area (Å²) in [4.78, 5) is 12.8. The summed E-state index contributed by atoms with van der Waals surface area (Å²) >= 11 is 0. The fraction of sp³-hybridized carbons (Fsp3) is 0.906. The number of hydrogen-bond donors (Lipinski definition) is 4. The maximum absolute atomic E-state index is 12.8. The summed E-state index contributed by atoms with van der Waals surface area (Å²) in [5, 5.41) is 40.2. The molecule has 366 valence electrons. The van der Waals surface area contributed by atoms with E-state index in [2.05, 4.69) is 38.2 Å². The van der Waals surface area contributed by atoms with Gasteiger partial charge >= 0.3 is 5.97 Å². The highest BCUT2D eigenvalue weighted by molar-refractivity contribution is 5.69.